The first kappa shape index (κ1) is 23.1. The third kappa shape index (κ3) is 4.82. The summed E-state index contributed by atoms with van der Waals surface area (Å²) in [6.07, 6.45) is 0.415. The molecule has 0 aliphatic rings. The van der Waals surface area contributed by atoms with Crippen molar-refractivity contribution in [2.24, 2.45) is 0 Å². The van der Waals surface area contributed by atoms with Crippen molar-refractivity contribution in [1.82, 2.24) is 9.55 Å². The predicted octanol–water partition coefficient (Wildman–Crippen LogP) is 6.41. The van der Waals surface area contributed by atoms with Crippen LogP contribution in [-0.4, -0.2) is 26.7 Å². The van der Waals surface area contributed by atoms with Crippen LogP contribution in [0, 0.1) is 11.3 Å². The SMILES string of the molecule is CC(C)Oc1ccc(-n2c(C(=O)O)c(CCC#N)c3nc(Oc4cccc(Cl)c4)ccc32)cc1. The third-order valence-corrected chi connectivity index (χ3v) is 5.29. The number of aromatic carboxylic acids is 1. The molecule has 2 heterocycles. The number of nitriles is 1. The molecule has 2 aromatic heterocycles. The van der Waals surface area contributed by atoms with Gasteiger partial charge in [0, 0.05) is 28.8 Å². The van der Waals surface area contributed by atoms with Gasteiger partial charge in [0.25, 0.3) is 0 Å². The van der Waals surface area contributed by atoms with E-state index in [4.69, 9.17) is 26.3 Å². The summed E-state index contributed by atoms with van der Waals surface area (Å²) in [6, 6.07) is 19.6. The lowest BCUT2D eigenvalue weighted by Crippen LogP contribution is -2.09. The lowest BCUT2D eigenvalue weighted by molar-refractivity contribution is 0.0687. The fraction of sp³-hybridized carbons (Fsp3) is 0.192. The number of benzene rings is 2. The molecule has 0 fully saturated rings. The first-order chi connectivity index (χ1) is 16.4. The Labute approximate surface area is 201 Å². The minimum Gasteiger partial charge on any atom is -0.491 e. The molecule has 0 saturated heterocycles. The van der Waals surface area contributed by atoms with Gasteiger partial charge in [0.05, 0.1) is 23.2 Å². The van der Waals surface area contributed by atoms with Crippen LogP contribution in [0.4, 0.5) is 0 Å². The van der Waals surface area contributed by atoms with Crippen molar-refractivity contribution in [3.8, 4) is 29.1 Å². The van der Waals surface area contributed by atoms with E-state index in [2.05, 4.69) is 11.1 Å². The molecule has 7 nitrogen and oxygen atoms in total. The van der Waals surface area contributed by atoms with Crippen molar-refractivity contribution in [2.75, 3.05) is 0 Å². The maximum absolute atomic E-state index is 12.4. The number of carboxylic acid groups (broad SMARTS) is 1. The smallest absolute Gasteiger partial charge is 0.353 e. The molecule has 4 rings (SSSR count). The summed E-state index contributed by atoms with van der Waals surface area (Å²) >= 11 is 6.05. The number of aryl methyl sites for hydroxylation is 1. The summed E-state index contributed by atoms with van der Waals surface area (Å²) < 4.78 is 13.2. The standard InChI is InChI=1S/C26H22ClN3O4/c1-16(2)33-19-10-8-18(9-11-19)30-22-12-13-23(34-20-6-3-5-17(27)15-20)29-24(22)21(7-4-14-28)25(30)26(31)32/h3,5-6,8-13,15-16H,4,7H2,1-2H3,(H,31,32). The molecular formula is C26H22ClN3O4. The van der Waals surface area contributed by atoms with Crippen molar-refractivity contribution >= 4 is 28.6 Å². The number of hydrogen-bond donors (Lipinski definition) is 1. The number of carbonyl (C=O) groups is 1. The van der Waals surface area contributed by atoms with Gasteiger partial charge in [0.15, 0.2) is 0 Å². The monoisotopic (exact) mass is 475 g/mol. The van der Waals surface area contributed by atoms with E-state index in [1.165, 1.54) is 0 Å². The van der Waals surface area contributed by atoms with Gasteiger partial charge in [-0.1, -0.05) is 17.7 Å². The van der Waals surface area contributed by atoms with Crippen LogP contribution in [-0.2, 0) is 6.42 Å². The number of fused-ring (bicyclic) bond motifs is 1. The average Bonchev–Trinajstić information content (AvgIpc) is 3.11. The molecule has 2 aromatic carbocycles. The first-order valence-electron chi connectivity index (χ1n) is 10.7. The van der Waals surface area contributed by atoms with Gasteiger partial charge < -0.3 is 19.1 Å². The Kier molecular flexibility index (Phi) is 6.71. The lowest BCUT2D eigenvalue weighted by atomic mass is 10.1. The Morgan fingerprint density at radius 3 is 2.56 bits per heavy atom. The van der Waals surface area contributed by atoms with E-state index in [9.17, 15) is 9.90 Å². The van der Waals surface area contributed by atoms with E-state index >= 15 is 0 Å². The highest BCUT2D eigenvalue weighted by Gasteiger charge is 2.25. The van der Waals surface area contributed by atoms with Gasteiger partial charge in [-0.3, -0.25) is 0 Å². The van der Waals surface area contributed by atoms with Gasteiger partial charge in [-0.15, -0.1) is 0 Å². The number of pyridine rings is 1. The van der Waals surface area contributed by atoms with Gasteiger partial charge in [-0.2, -0.15) is 5.26 Å². The van der Waals surface area contributed by atoms with E-state index in [-0.39, 0.29) is 24.6 Å². The summed E-state index contributed by atoms with van der Waals surface area (Å²) in [6.45, 7) is 3.87. The molecule has 34 heavy (non-hydrogen) atoms. The summed E-state index contributed by atoms with van der Waals surface area (Å²) in [5.74, 6) is 0.386. The molecule has 0 bridgehead atoms. The fourth-order valence-electron chi connectivity index (χ4n) is 3.77. The topological polar surface area (TPSA) is 97.4 Å². The van der Waals surface area contributed by atoms with E-state index < -0.39 is 5.97 Å². The number of hydrogen-bond acceptors (Lipinski definition) is 5. The number of carboxylic acids is 1. The zero-order valence-electron chi connectivity index (χ0n) is 18.7. The van der Waals surface area contributed by atoms with Crippen LogP contribution in [0.2, 0.25) is 5.02 Å². The molecule has 0 aliphatic heterocycles. The summed E-state index contributed by atoms with van der Waals surface area (Å²) in [5, 5.41) is 19.8. The Bertz CT molecular complexity index is 1390. The first-order valence-corrected chi connectivity index (χ1v) is 11.1. The van der Waals surface area contributed by atoms with E-state index in [0.29, 0.717) is 44.7 Å². The van der Waals surface area contributed by atoms with Crippen LogP contribution >= 0.6 is 11.6 Å². The van der Waals surface area contributed by atoms with Crippen molar-refractivity contribution in [2.45, 2.75) is 32.8 Å². The molecule has 0 amide bonds. The molecule has 172 valence electrons. The minimum atomic E-state index is -1.11. The quantitative estimate of drug-likeness (QED) is 0.316. The molecule has 0 atom stereocenters. The Hall–Kier alpha value is -4.02. The number of halogens is 1. The molecule has 8 heteroatoms. The highest BCUT2D eigenvalue weighted by Crippen LogP contribution is 2.33. The van der Waals surface area contributed by atoms with Crippen LogP contribution in [0.3, 0.4) is 0 Å². The Morgan fingerprint density at radius 1 is 1.15 bits per heavy atom. The van der Waals surface area contributed by atoms with Crippen LogP contribution in [0.5, 0.6) is 17.4 Å². The second-order valence-corrected chi connectivity index (χ2v) is 8.30. The van der Waals surface area contributed by atoms with Crippen molar-refractivity contribution in [1.29, 1.82) is 5.26 Å². The third-order valence-electron chi connectivity index (χ3n) is 5.06. The molecule has 0 aliphatic carbocycles. The highest BCUT2D eigenvalue weighted by atomic mass is 35.5. The second-order valence-electron chi connectivity index (χ2n) is 7.86. The van der Waals surface area contributed by atoms with E-state index in [1.54, 1.807) is 65.2 Å². The van der Waals surface area contributed by atoms with Crippen LogP contribution in [0.15, 0.2) is 60.7 Å². The van der Waals surface area contributed by atoms with Gasteiger partial charge in [-0.25, -0.2) is 9.78 Å². The van der Waals surface area contributed by atoms with Gasteiger partial charge >= 0.3 is 5.97 Å². The Morgan fingerprint density at radius 2 is 1.91 bits per heavy atom. The molecule has 0 radical (unpaired) electrons. The summed E-state index contributed by atoms with van der Waals surface area (Å²) in [4.78, 5) is 17.0. The average molecular weight is 476 g/mol. The molecule has 0 unspecified atom stereocenters. The van der Waals surface area contributed by atoms with E-state index in [1.807, 2.05) is 13.8 Å². The number of ether oxygens (including phenoxy) is 2. The summed E-state index contributed by atoms with van der Waals surface area (Å²) in [5.41, 5.74) is 2.25. The molecule has 0 saturated carbocycles. The van der Waals surface area contributed by atoms with Crippen molar-refractivity contribution < 1.29 is 19.4 Å². The van der Waals surface area contributed by atoms with Crippen LogP contribution in [0.1, 0.15) is 36.3 Å². The largest absolute Gasteiger partial charge is 0.491 e. The normalized spacial score (nSPS) is 10.9. The zero-order chi connectivity index (χ0) is 24.2. The predicted molar refractivity (Wildman–Crippen MR) is 129 cm³/mol. The van der Waals surface area contributed by atoms with Crippen LogP contribution < -0.4 is 9.47 Å². The van der Waals surface area contributed by atoms with Gasteiger partial charge in [0.1, 0.15) is 17.2 Å². The van der Waals surface area contributed by atoms with Crippen molar-refractivity contribution in [3.63, 3.8) is 0 Å². The van der Waals surface area contributed by atoms with Gasteiger partial charge in [0.2, 0.25) is 5.88 Å². The molecule has 4 aromatic rings. The van der Waals surface area contributed by atoms with Crippen LogP contribution in [0.25, 0.3) is 16.7 Å². The second kappa shape index (κ2) is 9.86. The van der Waals surface area contributed by atoms with E-state index in [0.717, 1.165) is 0 Å². The molecular weight excluding hydrogens is 454 g/mol. The highest BCUT2D eigenvalue weighted by molar-refractivity contribution is 6.30. The zero-order valence-corrected chi connectivity index (χ0v) is 19.4. The molecule has 0 spiro atoms. The Balaban J connectivity index is 1.86. The van der Waals surface area contributed by atoms with Crippen molar-refractivity contribution in [3.05, 3.63) is 76.9 Å². The number of aromatic nitrogens is 2. The summed E-state index contributed by atoms with van der Waals surface area (Å²) in [7, 11) is 0. The molecule has 1 N–H and O–H groups in total. The lowest BCUT2D eigenvalue weighted by Gasteiger charge is -2.12. The number of nitrogens with zero attached hydrogens (tertiary/aromatic N) is 3. The van der Waals surface area contributed by atoms with Gasteiger partial charge in [-0.05, 0) is 68.8 Å². The maximum atomic E-state index is 12.4. The maximum Gasteiger partial charge on any atom is 0.353 e. The number of rotatable bonds is 8. The minimum absolute atomic E-state index is 0.0209. The fourth-order valence-corrected chi connectivity index (χ4v) is 3.95.